The van der Waals surface area contributed by atoms with Gasteiger partial charge in [-0.05, 0) is 23.3 Å². The second kappa shape index (κ2) is 6.84. The van der Waals surface area contributed by atoms with E-state index in [1.807, 2.05) is 0 Å². The number of hydrogen-bond acceptors (Lipinski definition) is 3. The van der Waals surface area contributed by atoms with Crippen molar-refractivity contribution in [3.8, 4) is 0 Å². The lowest BCUT2D eigenvalue weighted by molar-refractivity contribution is -0.136. The van der Waals surface area contributed by atoms with E-state index in [9.17, 15) is 22.0 Å². The second-order valence-corrected chi connectivity index (χ2v) is 6.42. The number of carboxylic acids is 1. The molecule has 0 bridgehead atoms. The highest BCUT2D eigenvalue weighted by Crippen LogP contribution is 2.19. The van der Waals surface area contributed by atoms with E-state index in [1.54, 1.807) is 24.3 Å². The Morgan fingerprint density at radius 2 is 1.57 bits per heavy atom. The van der Waals surface area contributed by atoms with Crippen LogP contribution in [0.5, 0.6) is 0 Å². The van der Waals surface area contributed by atoms with Crippen LogP contribution < -0.4 is 4.72 Å². The fourth-order valence-corrected chi connectivity index (χ4v) is 3.19. The molecule has 0 aliphatic carbocycles. The lowest BCUT2D eigenvalue weighted by atomic mass is 10.1. The van der Waals surface area contributed by atoms with Gasteiger partial charge in [-0.2, -0.15) is 0 Å². The van der Waals surface area contributed by atoms with Crippen LogP contribution in [-0.2, 0) is 27.8 Å². The number of hydrogen-bond donors (Lipinski definition) is 2. The van der Waals surface area contributed by atoms with Crippen LogP contribution in [0.2, 0.25) is 0 Å². The van der Waals surface area contributed by atoms with Gasteiger partial charge in [0.05, 0.1) is 6.42 Å². The third-order valence-corrected chi connectivity index (χ3v) is 4.55. The van der Waals surface area contributed by atoms with Crippen LogP contribution in [0, 0.1) is 11.6 Å². The molecule has 2 aromatic rings. The molecule has 0 aliphatic rings. The lowest BCUT2D eigenvalue weighted by Crippen LogP contribution is -2.26. The molecule has 0 saturated carbocycles. The van der Waals surface area contributed by atoms with Gasteiger partial charge in [-0.1, -0.05) is 30.3 Å². The van der Waals surface area contributed by atoms with E-state index in [0.717, 1.165) is 18.2 Å². The monoisotopic (exact) mass is 341 g/mol. The molecular formula is C15H13F2NO4S. The molecule has 2 aromatic carbocycles. The molecule has 0 aliphatic heterocycles. The molecular weight excluding hydrogens is 328 g/mol. The van der Waals surface area contributed by atoms with Gasteiger partial charge in [-0.15, -0.1) is 0 Å². The molecule has 0 saturated heterocycles. The van der Waals surface area contributed by atoms with Crippen LogP contribution in [0.3, 0.4) is 0 Å². The van der Waals surface area contributed by atoms with Gasteiger partial charge >= 0.3 is 5.97 Å². The Kier molecular flexibility index (Phi) is 5.07. The van der Waals surface area contributed by atoms with Gasteiger partial charge in [0.2, 0.25) is 10.0 Å². The van der Waals surface area contributed by atoms with Gasteiger partial charge < -0.3 is 5.11 Å². The zero-order valence-electron chi connectivity index (χ0n) is 11.8. The van der Waals surface area contributed by atoms with Crippen molar-refractivity contribution in [3.05, 3.63) is 65.2 Å². The molecule has 0 radical (unpaired) electrons. The first kappa shape index (κ1) is 17.0. The number of rotatable bonds is 6. The van der Waals surface area contributed by atoms with Gasteiger partial charge in [0, 0.05) is 6.54 Å². The van der Waals surface area contributed by atoms with Crippen LogP contribution in [0.4, 0.5) is 8.78 Å². The summed E-state index contributed by atoms with van der Waals surface area (Å²) in [6, 6.07) is 9.06. The highest BCUT2D eigenvalue weighted by molar-refractivity contribution is 7.89. The molecule has 0 fully saturated rings. The van der Waals surface area contributed by atoms with Crippen LogP contribution >= 0.6 is 0 Å². The summed E-state index contributed by atoms with van der Waals surface area (Å²) in [7, 11) is -4.41. The predicted octanol–water partition coefficient (Wildman–Crippen LogP) is 2.07. The summed E-state index contributed by atoms with van der Waals surface area (Å²) in [5.74, 6) is -3.46. The highest BCUT2D eigenvalue weighted by Gasteiger charge is 2.23. The minimum atomic E-state index is -4.41. The molecule has 0 spiro atoms. The van der Waals surface area contributed by atoms with Crippen molar-refractivity contribution in [3.63, 3.8) is 0 Å². The number of carboxylic acid groups (broad SMARTS) is 1. The van der Waals surface area contributed by atoms with Gasteiger partial charge in [0.1, 0.15) is 11.6 Å². The zero-order chi connectivity index (χ0) is 17.0. The summed E-state index contributed by atoms with van der Waals surface area (Å²) in [5, 5.41) is 8.83. The van der Waals surface area contributed by atoms with Crippen molar-refractivity contribution >= 4 is 16.0 Å². The number of aliphatic carboxylic acids is 1. The Morgan fingerprint density at radius 3 is 2.13 bits per heavy atom. The molecule has 23 heavy (non-hydrogen) atoms. The zero-order valence-corrected chi connectivity index (χ0v) is 12.6. The van der Waals surface area contributed by atoms with Crippen LogP contribution in [0.25, 0.3) is 0 Å². The van der Waals surface area contributed by atoms with Gasteiger partial charge in [0.25, 0.3) is 0 Å². The van der Waals surface area contributed by atoms with Crippen LogP contribution in [0.1, 0.15) is 11.1 Å². The molecule has 0 amide bonds. The topological polar surface area (TPSA) is 83.5 Å². The Hall–Kier alpha value is -2.32. The first-order chi connectivity index (χ1) is 10.8. The first-order valence-corrected chi connectivity index (χ1v) is 8.02. The van der Waals surface area contributed by atoms with E-state index in [0.29, 0.717) is 11.1 Å². The van der Waals surface area contributed by atoms with E-state index in [1.165, 1.54) is 0 Å². The van der Waals surface area contributed by atoms with Gasteiger partial charge in [-0.25, -0.2) is 21.9 Å². The van der Waals surface area contributed by atoms with E-state index < -0.39 is 32.5 Å². The highest BCUT2D eigenvalue weighted by atomic mass is 32.2. The molecule has 2 N–H and O–H groups in total. The predicted molar refractivity (Wildman–Crippen MR) is 78.2 cm³/mol. The molecule has 5 nitrogen and oxygen atoms in total. The number of carbonyl (C=O) groups is 1. The number of sulfonamides is 1. The Labute approximate surface area is 131 Å². The third kappa shape index (κ3) is 4.11. The summed E-state index contributed by atoms with van der Waals surface area (Å²) in [6.07, 6.45) is -0.286. The maximum atomic E-state index is 13.6. The molecule has 8 heteroatoms. The maximum Gasteiger partial charge on any atom is 0.307 e. The average molecular weight is 341 g/mol. The van der Waals surface area contributed by atoms with Crippen LogP contribution in [0.15, 0.2) is 47.4 Å². The molecule has 122 valence electrons. The van der Waals surface area contributed by atoms with Crippen LogP contribution in [-0.4, -0.2) is 19.5 Å². The Morgan fingerprint density at radius 1 is 1.00 bits per heavy atom. The van der Waals surface area contributed by atoms with E-state index in [4.69, 9.17) is 5.11 Å². The van der Waals surface area contributed by atoms with Crippen molar-refractivity contribution < 1.29 is 27.1 Å². The van der Waals surface area contributed by atoms with Crippen molar-refractivity contribution in [1.29, 1.82) is 0 Å². The van der Waals surface area contributed by atoms with Gasteiger partial charge in [-0.3, -0.25) is 4.79 Å². The van der Waals surface area contributed by atoms with E-state index >= 15 is 0 Å². The molecule has 0 atom stereocenters. The fraction of sp³-hybridized carbons (Fsp3) is 0.133. The van der Waals surface area contributed by atoms with E-state index in [-0.39, 0.29) is 13.0 Å². The third-order valence-electron chi connectivity index (χ3n) is 3.10. The van der Waals surface area contributed by atoms with Crippen molar-refractivity contribution in [1.82, 2.24) is 4.72 Å². The number of nitrogens with one attached hydrogen (secondary N) is 1. The smallest absolute Gasteiger partial charge is 0.307 e. The summed E-state index contributed by atoms with van der Waals surface area (Å²) >= 11 is 0. The molecule has 2 rings (SSSR count). The van der Waals surface area contributed by atoms with Gasteiger partial charge in [0.15, 0.2) is 4.90 Å². The van der Waals surface area contributed by atoms with Crippen molar-refractivity contribution in [2.24, 2.45) is 0 Å². The molecule has 0 unspecified atom stereocenters. The summed E-state index contributed by atoms with van der Waals surface area (Å²) in [5.41, 5.74) is 0.826. The molecule has 0 aromatic heterocycles. The quantitative estimate of drug-likeness (QED) is 0.842. The summed E-state index contributed by atoms with van der Waals surface area (Å²) in [4.78, 5) is 9.74. The second-order valence-electron chi connectivity index (χ2n) is 4.71. The summed E-state index contributed by atoms with van der Waals surface area (Å²) in [6.45, 7) is -0.278. The maximum absolute atomic E-state index is 13.6. The fourth-order valence-electron chi connectivity index (χ4n) is 2.05. The SMILES string of the molecule is O=C(O)Cc1ccccc1CNS(=O)(=O)c1c(F)cccc1F. The van der Waals surface area contributed by atoms with Crippen molar-refractivity contribution in [2.75, 3.05) is 0 Å². The largest absolute Gasteiger partial charge is 0.481 e. The standard InChI is InChI=1S/C15H13F2NO4S/c16-12-6-3-7-13(17)15(12)23(21,22)18-9-11-5-2-1-4-10(11)8-14(19)20/h1-7,18H,8-9H2,(H,19,20). The average Bonchev–Trinajstić information content (AvgIpc) is 2.45. The lowest BCUT2D eigenvalue weighted by Gasteiger charge is -2.11. The normalized spacial score (nSPS) is 11.4. The number of halogens is 2. The Bertz CT molecular complexity index is 817. The summed E-state index contributed by atoms with van der Waals surface area (Å²) < 4.78 is 53.4. The Balaban J connectivity index is 2.25. The minimum Gasteiger partial charge on any atom is -0.481 e. The minimum absolute atomic E-state index is 0.278. The molecule has 0 heterocycles. The number of benzene rings is 2. The first-order valence-electron chi connectivity index (χ1n) is 6.53. The van der Waals surface area contributed by atoms with E-state index in [2.05, 4.69) is 4.72 Å². The van der Waals surface area contributed by atoms with Crippen molar-refractivity contribution in [2.45, 2.75) is 17.9 Å².